The largest absolute Gasteiger partial charge is 0.297 e. The predicted octanol–water partition coefficient (Wildman–Crippen LogP) is 4.06. The van der Waals surface area contributed by atoms with Gasteiger partial charge < -0.3 is 0 Å². The zero-order valence-electron chi connectivity index (χ0n) is 14.1. The van der Waals surface area contributed by atoms with Gasteiger partial charge in [-0.05, 0) is 49.9 Å². The van der Waals surface area contributed by atoms with E-state index in [1.165, 1.54) is 11.1 Å². The molecule has 0 aliphatic heterocycles. The molecule has 0 atom stereocenters. The summed E-state index contributed by atoms with van der Waals surface area (Å²) in [5, 5.41) is 0. The third kappa shape index (κ3) is 3.17. The van der Waals surface area contributed by atoms with Crippen LogP contribution in [0.2, 0.25) is 0 Å². The first-order valence-corrected chi connectivity index (χ1v) is 9.42. The Morgan fingerprint density at radius 3 is 2.12 bits per heavy atom. The highest BCUT2D eigenvalue weighted by molar-refractivity contribution is 7.86. The fourth-order valence-electron chi connectivity index (χ4n) is 3.18. The summed E-state index contributed by atoms with van der Waals surface area (Å²) in [4.78, 5) is 0.195. The van der Waals surface area contributed by atoms with Gasteiger partial charge in [-0.3, -0.25) is 4.18 Å². The lowest BCUT2D eigenvalue weighted by Crippen LogP contribution is -2.30. The maximum atomic E-state index is 12.5. The molecule has 0 spiro atoms. The van der Waals surface area contributed by atoms with Crippen LogP contribution < -0.4 is 0 Å². The summed E-state index contributed by atoms with van der Waals surface area (Å²) in [6.45, 7) is 8.09. The van der Waals surface area contributed by atoms with Gasteiger partial charge in [0.1, 0.15) is 0 Å². The summed E-state index contributed by atoms with van der Waals surface area (Å²) >= 11 is 0. The molecule has 4 heteroatoms. The van der Waals surface area contributed by atoms with E-state index in [0.29, 0.717) is 0 Å². The van der Waals surface area contributed by atoms with E-state index in [-0.39, 0.29) is 16.9 Å². The van der Waals surface area contributed by atoms with Crippen LogP contribution in [0.4, 0.5) is 0 Å². The lowest BCUT2D eigenvalue weighted by atomic mass is 9.79. The average Bonchev–Trinajstić information content (AvgIpc) is 2.94. The highest BCUT2D eigenvalue weighted by atomic mass is 32.2. The van der Waals surface area contributed by atoms with Crippen molar-refractivity contribution in [2.45, 2.75) is 31.6 Å². The fraction of sp³-hybridized carbons (Fsp3) is 0.300. The van der Waals surface area contributed by atoms with Gasteiger partial charge in [-0.1, -0.05) is 54.1 Å². The first kappa shape index (κ1) is 16.9. The number of fused-ring (bicyclic) bond motifs is 1. The van der Waals surface area contributed by atoms with Crippen molar-refractivity contribution in [3.8, 4) is 0 Å². The van der Waals surface area contributed by atoms with Crippen LogP contribution in [-0.4, -0.2) is 15.0 Å². The Morgan fingerprint density at radius 2 is 1.62 bits per heavy atom. The van der Waals surface area contributed by atoms with E-state index in [4.69, 9.17) is 4.18 Å². The summed E-state index contributed by atoms with van der Waals surface area (Å²) in [5.74, 6) is 0. The average molecular weight is 342 g/mol. The molecular weight excluding hydrogens is 320 g/mol. The molecule has 3 rings (SSSR count). The minimum absolute atomic E-state index is 0.118. The minimum Gasteiger partial charge on any atom is -0.265 e. The molecule has 0 amide bonds. The van der Waals surface area contributed by atoms with Crippen LogP contribution in [0.15, 0.2) is 65.6 Å². The predicted molar refractivity (Wildman–Crippen MR) is 95.4 cm³/mol. The van der Waals surface area contributed by atoms with E-state index in [1.807, 2.05) is 26.0 Å². The van der Waals surface area contributed by atoms with Gasteiger partial charge in [-0.2, -0.15) is 8.42 Å². The molecule has 2 aromatic rings. The van der Waals surface area contributed by atoms with Gasteiger partial charge >= 0.3 is 0 Å². The second-order valence-electron chi connectivity index (χ2n) is 6.71. The second kappa shape index (κ2) is 6.19. The Hall–Kier alpha value is -1.91. The van der Waals surface area contributed by atoms with Crippen LogP contribution in [0.3, 0.4) is 0 Å². The summed E-state index contributed by atoms with van der Waals surface area (Å²) in [6, 6.07) is 14.9. The normalized spacial score (nSPS) is 15.9. The molecule has 2 aromatic carbocycles. The van der Waals surface area contributed by atoms with Crippen molar-refractivity contribution in [3.63, 3.8) is 0 Å². The quantitative estimate of drug-likeness (QED) is 0.608. The maximum absolute atomic E-state index is 12.5. The van der Waals surface area contributed by atoms with Gasteiger partial charge in [0.15, 0.2) is 0 Å². The molecular formula is C20H22O3S. The van der Waals surface area contributed by atoms with Crippen LogP contribution in [0.5, 0.6) is 0 Å². The molecule has 126 valence electrons. The lowest BCUT2D eigenvalue weighted by molar-refractivity contribution is 0.193. The molecule has 1 aliphatic rings. The minimum atomic E-state index is -3.76. The van der Waals surface area contributed by atoms with Gasteiger partial charge in [0.05, 0.1) is 11.5 Å². The number of rotatable bonds is 5. The molecule has 3 nitrogen and oxygen atoms in total. The molecule has 0 heterocycles. The van der Waals surface area contributed by atoms with Gasteiger partial charge in [-0.15, -0.1) is 0 Å². The van der Waals surface area contributed by atoms with E-state index >= 15 is 0 Å². The van der Waals surface area contributed by atoms with Crippen molar-refractivity contribution < 1.29 is 12.6 Å². The lowest BCUT2D eigenvalue weighted by Gasteiger charge is -2.29. The first-order valence-electron chi connectivity index (χ1n) is 8.01. The monoisotopic (exact) mass is 342 g/mol. The van der Waals surface area contributed by atoms with E-state index in [1.54, 1.807) is 24.3 Å². The molecule has 0 unspecified atom stereocenters. The van der Waals surface area contributed by atoms with Crippen LogP contribution >= 0.6 is 0 Å². The van der Waals surface area contributed by atoms with Crippen molar-refractivity contribution in [2.24, 2.45) is 5.41 Å². The SMILES string of the molecule is C=C(C)C1(COS(=O)(=O)c2ccc(C)cc2)Cc2ccccc2C1. The number of aryl methyl sites for hydroxylation is 1. The molecule has 0 aromatic heterocycles. The Bertz CT molecular complexity index is 839. The molecule has 24 heavy (non-hydrogen) atoms. The molecule has 1 aliphatic carbocycles. The van der Waals surface area contributed by atoms with E-state index in [0.717, 1.165) is 24.0 Å². The van der Waals surface area contributed by atoms with Gasteiger partial charge in [-0.25, -0.2) is 0 Å². The van der Waals surface area contributed by atoms with Crippen LogP contribution in [0.1, 0.15) is 23.6 Å². The van der Waals surface area contributed by atoms with Crippen LogP contribution in [-0.2, 0) is 27.1 Å². The van der Waals surface area contributed by atoms with Crippen LogP contribution in [0, 0.1) is 12.3 Å². The van der Waals surface area contributed by atoms with Crippen LogP contribution in [0.25, 0.3) is 0 Å². The van der Waals surface area contributed by atoms with Crippen molar-refractivity contribution in [1.29, 1.82) is 0 Å². The van der Waals surface area contributed by atoms with E-state index in [9.17, 15) is 8.42 Å². The molecule has 0 radical (unpaired) electrons. The number of hydrogen-bond donors (Lipinski definition) is 0. The number of benzene rings is 2. The van der Waals surface area contributed by atoms with Crippen molar-refractivity contribution in [3.05, 3.63) is 77.4 Å². The smallest absolute Gasteiger partial charge is 0.265 e. The molecule has 0 bridgehead atoms. The molecule has 0 fully saturated rings. The van der Waals surface area contributed by atoms with E-state index < -0.39 is 10.1 Å². The Morgan fingerprint density at radius 1 is 1.08 bits per heavy atom. The highest BCUT2D eigenvalue weighted by Gasteiger charge is 2.39. The summed E-state index contributed by atoms with van der Waals surface area (Å²) in [6.07, 6.45) is 1.53. The molecule has 0 N–H and O–H groups in total. The highest BCUT2D eigenvalue weighted by Crippen LogP contribution is 2.42. The second-order valence-corrected chi connectivity index (χ2v) is 8.33. The maximum Gasteiger partial charge on any atom is 0.297 e. The summed E-state index contributed by atoms with van der Waals surface area (Å²) < 4.78 is 30.4. The molecule has 0 saturated heterocycles. The van der Waals surface area contributed by atoms with Crippen molar-refractivity contribution in [1.82, 2.24) is 0 Å². The zero-order valence-corrected chi connectivity index (χ0v) is 14.9. The van der Waals surface area contributed by atoms with Gasteiger partial charge in [0.2, 0.25) is 0 Å². The standard InChI is InChI=1S/C20H22O3S/c1-15(2)20(12-17-6-4-5-7-18(17)13-20)14-23-24(21,22)19-10-8-16(3)9-11-19/h4-11H,1,12-14H2,2-3H3. The third-order valence-electron chi connectivity index (χ3n) is 4.88. The zero-order chi connectivity index (χ0) is 17.4. The van der Waals surface area contributed by atoms with Crippen molar-refractivity contribution >= 4 is 10.1 Å². The third-order valence-corrected chi connectivity index (χ3v) is 6.16. The Labute approximate surface area is 144 Å². The Kier molecular flexibility index (Phi) is 4.37. The Balaban J connectivity index is 1.81. The van der Waals surface area contributed by atoms with Crippen molar-refractivity contribution in [2.75, 3.05) is 6.61 Å². The number of hydrogen-bond acceptors (Lipinski definition) is 3. The summed E-state index contributed by atoms with van der Waals surface area (Å²) in [7, 11) is -3.76. The summed E-state index contributed by atoms with van der Waals surface area (Å²) in [5.41, 5.74) is 4.10. The first-order chi connectivity index (χ1) is 11.3. The van der Waals surface area contributed by atoms with Gasteiger partial charge in [0, 0.05) is 5.41 Å². The van der Waals surface area contributed by atoms with E-state index in [2.05, 4.69) is 18.7 Å². The fourth-order valence-corrected chi connectivity index (χ4v) is 4.17. The topological polar surface area (TPSA) is 43.4 Å². The van der Waals surface area contributed by atoms with Gasteiger partial charge in [0.25, 0.3) is 10.1 Å². The molecule has 0 saturated carbocycles.